The summed E-state index contributed by atoms with van der Waals surface area (Å²) in [5, 5.41) is 0.620. The number of piperidine rings is 1. The highest BCUT2D eigenvalue weighted by Gasteiger charge is 2.31. The number of likely N-dealkylation sites (tertiary alicyclic amines) is 1. The molecule has 0 radical (unpaired) electrons. The first-order valence-electron chi connectivity index (χ1n) is 8.06. The average molecular weight is 337 g/mol. The van der Waals surface area contributed by atoms with Gasteiger partial charge in [-0.05, 0) is 37.1 Å². The van der Waals surface area contributed by atoms with E-state index in [0.717, 1.165) is 19.4 Å². The number of amides is 2. The number of nitrogens with zero attached hydrogens (tertiary/aromatic N) is 2. The monoisotopic (exact) mass is 336 g/mol. The summed E-state index contributed by atoms with van der Waals surface area (Å²) in [6.07, 6.45) is 1.69. The van der Waals surface area contributed by atoms with Crippen LogP contribution >= 0.6 is 11.6 Å². The highest BCUT2D eigenvalue weighted by atomic mass is 35.5. The zero-order valence-corrected chi connectivity index (χ0v) is 13.8. The molecular formula is C17H21ClN2O3. The van der Waals surface area contributed by atoms with Crippen LogP contribution in [-0.4, -0.2) is 61.0 Å². The molecule has 2 aliphatic heterocycles. The summed E-state index contributed by atoms with van der Waals surface area (Å²) in [7, 11) is 0. The zero-order chi connectivity index (χ0) is 16.2. The maximum absolute atomic E-state index is 12.6. The molecule has 124 valence electrons. The Morgan fingerprint density at radius 1 is 1.04 bits per heavy atom. The van der Waals surface area contributed by atoms with Crippen LogP contribution in [0.5, 0.6) is 0 Å². The number of urea groups is 1. The van der Waals surface area contributed by atoms with E-state index in [2.05, 4.69) is 0 Å². The Kier molecular flexibility index (Phi) is 5.18. The van der Waals surface area contributed by atoms with Gasteiger partial charge < -0.3 is 14.5 Å². The molecule has 1 atom stereocenters. The molecule has 0 spiro atoms. The lowest BCUT2D eigenvalue weighted by Gasteiger charge is -2.37. The van der Waals surface area contributed by atoms with Crippen molar-refractivity contribution in [2.75, 3.05) is 39.4 Å². The number of Topliss-reactive ketones (excluding diaryl/α,β-unsaturated/α-hetero) is 1. The second-order valence-corrected chi connectivity index (χ2v) is 6.47. The fourth-order valence-electron chi connectivity index (χ4n) is 3.17. The number of ether oxygens (including phenoxy) is 1. The molecule has 3 rings (SSSR count). The van der Waals surface area contributed by atoms with Crippen LogP contribution in [0.1, 0.15) is 23.2 Å². The van der Waals surface area contributed by atoms with Gasteiger partial charge in [-0.1, -0.05) is 11.6 Å². The van der Waals surface area contributed by atoms with Crippen LogP contribution in [0.2, 0.25) is 5.02 Å². The average Bonchev–Trinajstić information content (AvgIpc) is 2.62. The van der Waals surface area contributed by atoms with E-state index >= 15 is 0 Å². The molecule has 2 fully saturated rings. The molecule has 0 aliphatic carbocycles. The van der Waals surface area contributed by atoms with Crippen molar-refractivity contribution >= 4 is 23.4 Å². The van der Waals surface area contributed by atoms with Gasteiger partial charge in [-0.25, -0.2) is 4.79 Å². The van der Waals surface area contributed by atoms with Gasteiger partial charge in [0.25, 0.3) is 0 Å². The number of ketones is 1. The molecule has 0 saturated carbocycles. The zero-order valence-electron chi connectivity index (χ0n) is 13.0. The second-order valence-electron chi connectivity index (χ2n) is 6.04. The van der Waals surface area contributed by atoms with Gasteiger partial charge in [0.1, 0.15) is 0 Å². The number of hydrogen-bond acceptors (Lipinski definition) is 3. The quantitative estimate of drug-likeness (QED) is 0.780. The largest absolute Gasteiger partial charge is 0.378 e. The number of hydrogen-bond donors (Lipinski definition) is 0. The van der Waals surface area contributed by atoms with Crippen molar-refractivity contribution in [3.05, 3.63) is 34.9 Å². The predicted octanol–water partition coefficient (Wildman–Crippen LogP) is 2.69. The van der Waals surface area contributed by atoms with Gasteiger partial charge in [0.05, 0.1) is 13.2 Å². The Morgan fingerprint density at radius 3 is 2.43 bits per heavy atom. The van der Waals surface area contributed by atoms with Crippen molar-refractivity contribution in [1.29, 1.82) is 0 Å². The number of benzene rings is 1. The number of morpholine rings is 1. The molecule has 5 nitrogen and oxygen atoms in total. The first-order chi connectivity index (χ1) is 11.1. The maximum atomic E-state index is 12.6. The van der Waals surface area contributed by atoms with Crippen molar-refractivity contribution in [3.63, 3.8) is 0 Å². The molecule has 0 N–H and O–H groups in total. The standard InChI is InChI=1S/C17H21ClN2O3/c18-15-5-3-13(4-6-15)16(21)14-2-1-7-20(12-14)17(22)19-8-10-23-11-9-19/h3-6,14H,1-2,7-12H2. The predicted molar refractivity (Wildman–Crippen MR) is 87.9 cm³/mol. The van der Waals surface area contributed by atoms with E-state index < -0.39 is 0 Å². The van der Waals surface area contributed by atoms with E-state index in [1.807, 2.05) is 9.80 Å². The molecular weight excluding hydrogens is 316 g/mol. The van der Waals surface area contributed by atoms with Crippen molar-refractivity contribution in [3.8, 4) is 0 Å². The second kappa shape index (κ2) is 7.32. The molecule has 2 saturated heterocycles. The van der Waals surface area contributed by atoms with Gasteiger partial charge in [0.2, 0.25) is 0 Å². The summed E-state index contributed by atoms with van der Waals surface area (Å²) in [6.45, 7) is 3.66. The molecule has 1 aromatic rings. The fraction of sp³-hybridized carbons (Fsp3) is 0.529. The first-order valence-corrected chi connectivity index (χ1v) is 8.44. The van der Waals surface area contributed by atoms with Crippen LogP contribution in [0.25, 0.3) is 0 Å². The number of halogens is 1. The SMILES string of the molecule is O=C(c1ccc(Cl)cc1)C1CCCN(C(=O)N2CCOCC2)C1. The summed E-state index contributed by atoms with van der Waals surface area (Å²) in [5.74, 6) is -0.0314. The Balaban J connectivity index is 1.64. The van der Waals surface area contributed by atoms with Crippen LogP contribution in [-0.2, 0) is 4.74 Å². The highest BCUT2D eigenvalue weighted by molar-refractivity contribution is 6.30. The van der Waals surface area contributed by atoms with Gasteiger partial charge >= 0.3 is 6.03 Å². The van der Waals surface area contributed by atoms with Crippen LogP contribution < -0.4 is 0 Å². The van der Waals surface area contributed by atoms with E-state index in [4.69, 9.17) is 16.3 Å². The number of carbonyl (C=O) groups is 2. The summed E-state index contributed by atoms with van der Waals surface area (Å²) in [5.41, 5.74) is 0.667. The summed E-state index contributed by atoms with van der Waals surface area (Å²) in [4.78, 5) is 28.8. The Hall–Kier alpha value is -1.59. The Labute approximate surface area is 141 Å². The Bertz CT molecular complexity index is 570. The minimum atomic E-state index is -0.130. The molecule has 2 amide bonds. The van der Waals surface area contributed by atoms with Gasteiger partial charge in [-0.3, -0.25) is 4.79 Å². The van der Waals surface area contributed by atoms with E-state index in [9.17, 15) is 9.59 Å². The minimum Gasteiger partial charge on any atom is -0.378 e. The lowest BCUT2D eigenvalue weighted by Crippen LogP contribution is -2.51. The number of carbonyl (C=O) groups excluding carboxylic acids is 2. The van der Waals surface area contributed by atoms with E-state index in [0.29, 0.717) is 43.4 Å². The first kappa shape index (κ1) is 16.3. The third-order valence-corrected chi connectivity index (χ3v) is 4.73. The minimum absolute atomic E-state index is 0.0295. The molecule has 6 heteroatoms. The van der Waals surface area contributed by atoms with Gasteiger partial charge in [0, 0.05) is 42.7 Å². The molecule has 1 aromatic carbocycles. The summed E-state index contributed by atoms with van der Waals surface area (Å²) in [6, 6.07) is 7.01. The molecule has 2 heterocycles. The third-order valence-electron chi connectivity index (χ3n) is 4.47. The van der Waals surface area contributed by atoms with E-state index in [-0.39, 0.29) is 17.7 Å². The third kappa shape index (κ3) is 3.85. The number of rotatable bonds is 2. The van der Waals surface area contributed by atoms with Crippen LogP contribution in [0.4, 0.5) is 4.79 Å². The highest BCUT2D eigenvalue weighted by Crippen LogP contribution is 2.23. The van der Waals surface area contributed by atoms with Crippen molar-refractivity contribution in [1.82, 2.24) is 9.80 Å². The van der Waals surface area contributed by atoms with Gasteiger partial charge in [-0.15, -0.1) is 0 Å². The van der Waals surface area contributed by atoms with Crippen LogP contribution in [0.3, 0.4) is 0 Å². The summed E-state index contributed by atoms with van der Waals surface area (Å²) < 4.78 is 5.29. The fourth-order valence-corrected chi connectivity index (χ4v) is 3.30. The van der Waals surface area contributed by atoms with E-state index in [1.165, 1.54) is 0 Å². The summed E-state index contributed by atoms with van der Waals surface area (Å²) >= 11 is 5.87. The molecule has 1 unspecified atom stereocenters. The smallest absolute Gasteiger partial charge is 0.320 e. The van der Waals surface area contributed by atoms with Gasteiger partial charge in [0.15, 0.2) is 5.78 Å². The normalized spacial score (nSPS) is 22.0. The topological polar surface area (TPSA) is 49.9 Å². The molecule has 0 bridgehead atoms. The lowest BCUT2D eigenvalue weighted by molar-refractivity contribution is 0.0388. The molecule has 0 aromatic heterocycles. The van der Waals surface area contributed by atoms with E-state index in [1.54, 1.807) is 24.3 Å². The van der Waals surface area contributed by atoms with Crippen LogP contribution in [0.15, 0.2) is 24.3 Å². The van der Waals surface area contributed by atoms with Crippen LogP contribution in [0, 0.1) is 5.92 Å². The lowest BCUT2D eigenvalue weighted by atomic mass is 9.90. The van der Waals surface area contributed by atoms with Crippen molar-refractivity contribution in [2.45, 2.75) is 12.8 Å². The Morgan fingerprint density at radius 2 is 1.74 bits per heavy atom. The maximum Gasteiger partial charge on any atom is 0.320 e. The van der Waals surface area contributed by atoms with Crippen molar-refractivity contribution < 1.29 is 14.3 Å². The molecule has 23 heavy (non-hydrogen) atoms. The van der Waals surface area contributed by atoms with Gasteiger partial charge in [-0.2, -0.15) is 0 Å². The molecule has 2 aliphatic rings. The van der Waals surface area contributed by atoms with Crippen molar-refractivity contribution in [2.24, 2.45) is 5.92 Å².